The van der Waals surface area contributed by atoms with Crippen molar-refractivity contribution in [3.05, 3.63) is 23.9 Å². The molecule has 112 valence electrons. The lowest BCUT2D eigenvalue weighted by Gasteiger charge is -2.38. The third-order valence-electron chi connectivity index (χ3n) is 3.81. The molecule has 0 spiro atoms. The molecule has 0 bridgehead atoms. The molecule has 2 atom stereocenters. The average molecular weight is 293 g/mol. The molecule has 1 saturated heterocycles. The Hall–Kier alpha value is -0.740. The Kier molecular flexibility index (Phi) is 4.97. The lowest BCUT2D eigenvalue weighted by molar-refractivity contribution is 0.424. The fourth-order valence-electron chi connectivity index (χ4n) is 2.35. The number of rotatable bonds is 3. The summed E-state index contributed by atoms with van der Waals surface area (Å²) < 4.78 is 0. The maximum atomic E-state index is 4.58. The van der Waals surface area contributed by atoms with E-state index in [1.54, 1.807) is 0 Å². The maximum absolute atomic E-state index is 4.58. The molecule has 4 heteroatoms. The molecule has 20 heavy (non-hydrogen) atoms. The molecule has 1 aromatic heterocycles. The number of hydrogen-bond acceptors (Lipinski definition) is 4. The fraction of sp³-hybridized carbons (Fsp3) is 0.688. The molecule has 0 amide bonds. The first-order valence-corrected chi connectivity index (χ1v) is 8.50. The Morgan fingerprint density at radius 3 is 2.85 bits per heavy atom. The van der Waals surface area contributed by atoms with E-state index < -0.39 is 0 Å². The van der Waals surface area contributed by atoms with Crippen LogP contribution in [-0.4, -0.2) is 34.1 Å². The van der Waals surface area contributed by atoms with Crippen LogP contribution in [0.4, 0.5) is 5.82 Å². The van der Waals surface area contributed by atoms with Crippen molar-refractivity contribution >= 4 is 17.6 Å². The van der Waals surface area contributed by atoms with Crippen molar-refractivity contribution in [3.8, 4) is 0 Å². The van der Waals surface area contributed by atoms with E-state index in [1.807, 2.05) is 6.20 Å². The van der Waals surface area contributed by atoms with Gasteiger partial charge in [-0.25, -0.2) is 4.98 Å². The molecular formula is C16H27N3S. The predicted octanol–water partition coefficient (Wildman–Crippen LogP) is 3.30. The highest BCUT2D eigenvalue weighted by molar-refractivity contribution is 8.00. The molecule has 2 unspecified atom stereocenters. The van der Waals surface area contributed by atoms with Crippen molar-refractivity contribution in [3.63, 3.8) is 0 Å². The van der Waals surface area contributed by atoms with Gasteiger partial charge in [0, 0.05) is 41.9 Å². The van der Waals surface area contributed by atoms with Crippen molar-refractivity contribution in [2.75, 3.05) is 17.2 Å². The van der Waals surface area contributed by atoms with Crippen LogP contribution in [0.15, 0.2) is 18.3 Å². The van der Waals surface area contributed by atoms with Crippen molar-refractivity contribution in [1.82, 2.24) is 10.3 Å². The third kappa shape index (κ3) is 4.13. The first-order valence-electron chi connectivity index (χ1n) is 7.45. The number of hydrogen-bond donors (Lipinski definition) is 1. The normalized spacial score (nSPS) is 23.9. The van der Waals surface area contributed by atoms with Crippen LogP contribution in [-0.2, 0) is 6.54 Å². The van der Waals surface area contributed by atoms with Crippen LogP contribution in [0.25, 0.3) is 0 Å². The van der Waals surface area contributed by atoms with Gasteiger partial charge in [-0.05, 0) is 45.4 Å². The molecular weight excluding hydrogens is 266 g/mol. The molecule has 0 radical (unpaired) electrons. The molecule has 1 aliphatic heterocycles. The van der Waals surface area contributed by atoms with Crippen LogP contribution in [0, 0.1) is 0 Å². The molecule has 3 nitrogen and oxygen atoms in total. The van der Waals surface area contributed by atoms with Crippen molar-refractivity contribution in [2.45, 2.75) is 58.0 Å². The number of anilines is 1. The average Bonchev–Trinajstić information content (AvgIpc) is 2.39. The van der Waals surface area contributed by atoms with Crippen LogP contribution in [0.2, 0.25) is 0 Å². The van der Waals surface area contributed by atoms with Crippen LogP contribution in [0.3, 0.4) is 0 Å². The van der Waals surface area contributed by atoms with Gasteiger partial charge in [0.25, 0.3) is 0 Å². The first kappa shape index (κ1) is 15.6. The highest BCUT2D eigenvalue weighted by Gasteiger charge is 2.26. The molecule has 2 heterocycles. The zero-order valence-corrected chi connectivity index (χ0v) is 14.1. The lowest BCUT2D eigenvalue weighted by atomic mass is 10.1. The van der Waals surface area contributed by atoms with Gasteiger partial charge in [-0.3, -0.25) is 0 Å². The molecule has 1 N–H and O–H groups in total. The van der Waals surface area contributed by atoms with E-state index in [9.17, 15) is 0 Å². The number of nitrogens with one attached hydrogen (secondary N) is 1. The van der Waals surface area contributed by atoms with E-state index in [2.05, 4.69) is 73.7 Å². The summed E-state index contributed by atoms with van der Waals surface area (Å²) >= 11 is 2.06. The molecule has 0 saturated carbocycles. The maximum Gasteiger partial charge on any atom is 0.129 e. The second-order valence-electron chi connectivity index (χ2n) is 6.64. The van der Waals surface area contributed by atoms with Crippen molar-refractivity contribution in [1.29, 1.82) is 0 Å². The van der Waals surface area contributed by atoms with Gasteiger partial charge in [-0.2, -0.15) is 11.8 Å². The summed E-state index contributed by atoms with van der Waals surface area (Å²) in [7, 11) is 0. The van der Waals surface area contributed by atoms with E-state index in [0.29, 0.717) is 11.3 Å². The molecule has 1 aliphatic rings. The van der Waals surface area contributed by atoms with E-state index in [0.717, 1.165) is 18.9 Å². The number of pyridine rings is 1. The SMILES string of the molecule is CC1SCCN(c2cc(CNC(C)(C)C)ccn2)C1C. The Bertz CT molecular complexity index is 442. The van der Waals surface area contributed by atoms with Gasteiger partial charge in [0.1, 0.15) is 5.82 Å². The smallest absolute Gasteiger partial charge is 0.129 e. The minimum absolute atomic E-state index is 0.146. The summed E-state index contributed by atoms with van der Waals surface area (Å²) in [5, 5.41) is 4.21. The lowest BCUT2D eigenvalue weighted by Crippen LogP contribution is -2.45. The molecule has 1 aromatic rings. The van der Waals surface area contributed by atoms with E-state index in [1.165, 1.54) is 11.3 Å². The summed E-state index contributed by atoms with van der Waals surface area (Å²) in [5.41, 5.74) is 1.45. The summed E-state index contributed by atoms with van der Waals surface area (Å²) in [5.74, 6) is 2.32. The Balaban J connectivity index is 2.09. The molecule has 1 fully saturated rings. The van der Waals surface area contributed by atoms with Gasteiger partial charge in [0.15, 0.2) is 0 Å². The van der Waals surface area contributed by atoms with E-state index >= 15 is 0 Å². The van der Waals surface area contributed by atoms with Crippen LogP contribution >= 0.6 is 11.8 Å². The standard InChI is InChI=1S/C16H27N3S/c1-12-13(2)20-9-8-19(12)15-10-14(6-7-17-15)11-18-16(3,4)5/h6-7,10,12-13,18H,8-9,11H2,1-5H3. The van der Waals surface area contributed by atoms with Gasteiger partial charge in [-0.15, -0.1) is 0 Å². The van der Waals surface area contributed by atoms with Crippen molar-refractivity contribution in [2.24, 2.45) is 0 Å². The number of nitrogens with zero attached hydrogens (tertiary/aromatic N) is 2. The Labute approximate surface area is 127 Å². The molecule has 0 aliphatic carbocycles. The number of thioether (sulfide) groups is 1. The van der Waals surface area contributed by atoms with Gasteiger partial charge < -0.3 is 10.2 Å². The largest absolute Gasteiger partial charge is 0.352 e. The second kappa shape index (κ2) is 6.35. The van der Waals surface area contributed by atoms with E-state index in [4.69, 9.17) is 0 Å². The monoisotopic (exact) mass is 293 g/mol. The second-order valence-corrected chi connectivity index (χ2v) is 8.12. The number of aromatic nitrogens is 1. The van der Waals surface area contributed by atoms with Crippen molar-refractivity contribution < 1.29 is 0 Å². The van der Waals surface area contributed by atoms with Crippen LogP contribution < -0.4 is 10.2 Å². The molecule has 0 aromatic carbocycles. The van der Waals surface area contributed by atoms with Gasteiger partial charge in [0.2, 0.25) is 0 Å². The highest BCUT2D eigenvalue weighted by atomic mass is 32.2. The van der Waals surface area contributed by atoms with Gasteiger partial charge >= 0.3 is 0 Å². The fourth-order valence-corrected chi connectivity index (χ4v) is 3.45. The minimum atomic E-state index is 0.146. The zero-order valence-electron chi connectivity index (χ0n) is 13.3. The summed E-state index contributed by atoms with van der Waals surface area (Å²) in [4.78, 5) is 7.03. The Morgan fingerprint density at radius 2 is 2.15 bits per heavy atom. The van der Waals surface area contributed by atoms with Crippen LogP contribution in [0.5, 0.6) is 0 Å². The summed E-state index contributed by atoms with van der Waals surface area (Å²) in [6.07, 6.45) is 1.94. The third-order valence-corrected chi connectivity index (χ3v) is 5.15. The first-order chi connectivity index (χ1) is 9.37. The topological polar surface area (TPSA) is 28.2 Å². The summed E-state index contributed by atoms with van der Waals surface area (Å²) in [6.45, 7) is 13.2. The predicted molar refractivity (Wildman–Crippen MR) is 89.6 cm³/mol. The highest BCUT2D eigenvalue weighted by Crippen LogP contribution is 2.28. The quantitative estimate of drug-likeness (QED) is 0.925. The zero-order chi connectivity index (χ0) is 14.8. The minimum Gasteiger partial charge on any atom is -0.352 e. The Morgan fingerprint density at radius 1 is 1.40 bits per heavy atom. The van der Waals surface area contributed by atoms with Gasteiger partial charge in [-0.1, -0.05) is 6.92 Å². The molecule has 2 rings (SSSR count). The van der Waals surface area contributed by atoms with E-state index in [-0.39, 0.29) is 5.54 Å². The van der Waals surface area contributed by atoms with Gasteiger partial charge in [0.05, 0.1) is 0 Å². The van der Waals surface area contributed by atoms with Crippen LogP contribution in [0.1, 0.15) is 40.2 Å². The summed E-state index contributed by atoms with van der Waals surface area (Å²) in [6, 6.07) is 4.89.